The first-order valence-electron chi connectivity index (χ1n) is 4.65. The van der Waals surface area contributed by atoms with Crippen molar-refractivity contribution in [3.05, 3.63) is 33.5 Å². The molecule has 15 heavy (non-hydrogen) atoms. The molecule has 0 bridgehead atoms. The van der Waals surface area contributed by atoms with E-state index in [9.17, 15) is 9.59 Å². The van der Waals surface area contributed by atoms with Gasteiger partial charge < -0.3 is 0 Å². The molecule has 1 aromatic heterocycles. The average Bonchev–Trinajstić information content (AvgIpc) is 2.67. The zero-order valence-corrected chi connectivity index (χ0v) is 9.43. The normalized spacial score (nSPS) is 16.1. The summed E-state index contributed by atoms with van der Waals surface area (Å²) in [4.78, 5) is 24.3. The van der Waals surface area contributed by atoms with Gasteiger partial charge in [-0.1, -0.05) is 0 Å². The number of hydrogen-bond donors (Lipinski definition) is 0. The van der Waals surface area contributed by atoms with Crippen molar-refractivity contribution in [2.24, 2.45) is 0 Å². The van der Waals surface area contributed by atoms with Crippen LogP contribution in [-0.2, 0) is 16.1 Å². The number of thiophene rings is 1. The van der Waals surface area contributed by atoms with Gasteiger partial charge in [-0.05, 0) is 35.7 Å². The molecule has 0 saturated heterocycles. The molecule has 0 N–H and O–H groups in total. The highest BCUT2D eigenvalue weighted by atomic mass is 32.1. The van der Waals surface area contributed by atoms with E-state index in [2.05, 4.69) is 0 Å². The van der Waals surface area contributed by atoms with Gasteiger partial charge in [0.1, 0.15) is 0 Å². The van der Waals surface area contributed by atoms with Crippen molar-refractivity contribution in [1.29, 1.82) is 0 Å². The van der Waals surface area contributed by atoms with Crippen molar-refractivity contribution in [2.75, 3.05) is 0 Å². The summed E-state index contributed by atoms with van der Waals surface area (Å²) in [5.74, 6) is -0.381. The number of hydrogen-bond acceptors (Lipinski definition) is 3. The van der Waals surface area contributed by atoms with Crippen LogP contribution in [0, 0.1) is 6.92 Å². The van der Waals surface area contributed by atoms with Gasteiger partial charge in [0.25, 0.3) is 11.8 Å². The van der Waals surface area contributed by atoms with Crippen LogP contribution in [-0.4, -0.2) is 16.7 Å². The first-order chi connectivity index (χ1) is 7.09. The number of nitrogens with zero attached hydrogens (tertiary/aromatic N) is 1. The van der Waals surface area contributed by atoms with E-state index in [1.807, 2.05) is 17.7 Å². The lowest BCUT2D eigenvalue weighted by molar-refractivity contribution is -0.137. The van der Waals surface area contributed by atoms with Gasteiger partial charge in [-0.15, -0.1) is 0 Å². The summed E-state index contributed by atoms with van der Waals surface area (Å²) in [5, 5.41) is 3.99. The summed E-state index contributed by atoms with van der Waals surface area (Å²) in [5.41, 5.74) is 2.70. The molecule has 4 heteroatoms. The minimum Gasteiger partial charge on any atom is -0.271 e. The van der Waals surface area contributed by atoms with Crippen LogP contribution in [0.25, 0.3) is 0 Å². The number of aryl methyl sites for hydroxylation is 1. The first-order valence-corrected chi connectivity index (χ1v) is 5.59. The molecule has 3 nitrogen and oxygen atoms in total. The van der Waals surface area contributed by atoms with Crippen LogP contribution in [0.2, 0.25) is 0 Å². The van der Waals surface area contributed by atoms with Crippen LogP contribution >= 0.6 is 11.3 Å². The Labute approximate surface area is 92.0 Å². The van der Waals surface area contributed by atoms with E-state index in [0.717, 1.165) is 11.1 Å². The molecule has 1 aliphatic rings. The number of carbonyl (C=O) groups is 2. The third-order valence-electron chi connectivity index (χ3n) is 2.48. The SMILES string of the molecule is CC1=CC(=O)N(Cc2cscc2C)C1=O. The van der Waals surface area contributed by atoms with Crippen LogP contribution in [0.5, 0.6) is 0 Å². The van der Waals surface area contributed by atoms with Gasteiger partial charge in [-0.2, -0.15) is 11.3 Å². The Morgan fingerprint density at radius 2 is 2.00 bits per heavy atom. The highest BCUT2D eigenvalue weighted by molar-refractivity contribution is 7.08. The molecule has 2 amide bonds. The van der Waals surface area contributed by atoms with Crippen molar-refractivity contribution < 1.29 is 9.59 Å². The van der Waals surface area contributed by atoms with Crippen LogP contribution in [0.1, 0.15) is 18.1 Å². The van der Waals surface area contributed by atoms with E-state index < -0.39 is 0 Å². The van der Waals surface area contributed by atoms with Gasteiger partial charge in [0, 0.05) is 11.6 Å². The van der Waals surface area contributed by atoms with E-state index >= 15 is 0 Å². The third-order valence-corrected chi connectivity index (χ3v) is 3.39. The quantitative estimate of drug-likeness (QED) is 0.715. The second-order valence-electron chi connectivity index (χ2n) is 3.64. The lowest BCUT2D eigenvalue weighted by Gasteiger charge is -2.13. The van der Waals surface area contributed by atoms with E-state index in [-0.39, 0.29) is 11.8 Å². The fraction of sp³-hybridized carbons (Fsp3) is 0.273. The number of imide groups is 1. The van der Waals surface area contributed by atoms with Crippen LogP contribution < -0.4 is 0 Å². The molecule has 0 unspecified atom stereocenters. The van der Waals surface area contributed by atoms with E-state index in [4.69, 9.17) is 0 Å². The summed E-state index contributed by atoms with van der Waals surface area (Å²) >= 11 is 1.59. The van der Waals surface area contributed by atoms with Crippen molar-refractivity contribution >= 4 is 23.2 Å². The lowest BCUT2D eigenvalue weighted by atomic mass is 10.2. The Balaban J connectivity index is 2.19. The average molecular weight is 221 g/mol. The Bertz CT molecular complexity index is 459. The molecule has 0 spiro atoms. The molecule has 0 fully saturated rings. The predicted molar refractivity (Wildman–Crippen MR) is 58.4 cm³/mol. The first kappa shape index (κ1) is 10.1. The predicted octanol–water partition coefficient (Wildman–Crippen LogP) is 1.87. The molecule has 0 radical (unpaired) electrons. The topological polar surface area (TPSA) is 37.4 Å². The molecule has 0 atom stereocenters. The van der Waals surface area contributed by atoms with E-state index in [1.54, 1.807) is 18.3 Å². The molecular weight excluding hydrogens is 210 g/mol. The van der Waals surface area contributed by atoms with Crippen molar-refractivity contribution in [1.82, 2.24) is 4.90 Å². The molecular formula is C11H11NO2S. The molecule has 0 aliphatic carbocycles. The van der Waals surface area contributed by atoms with Crippen molar-refractivity contribution in [3.63, 3.8) is 0 Å². The third kappa shape index (κ3) is 1.72. The molecule has 0 aromatic carbocycles. The molecule has 78 valence electrons. The summed E-state index contributed by atoms with van der Waals surface area (Å²) in [7, 11) is 0. The zero-order valence-electron chi connectivity index (χ0n) is 8.61. The van der Waals surface area contributed by atoms with Gasteiger partial charge in [0.05, 0.1) is 6.54 Å². The molecule has 0 saturated carbocycles. The van der Waals surface area contributed by atoms with Gasteiger partial charge in [-0.3, -0.25) is 14.5 Å². The monoisotopic (exact) mass is 221 g/mol. The fourth-order valence-electron chi connectivity index (χ4n) is 1.51. The minimum atomic E-state index is -0.205. The van der Waals surface area contributed by atoms with E-state index in [0.29, 0.717) is 12.1 Å². The second kappa shape index (κ2) is 3.62. The molecule has 2 rings (SSSR count). The Morgan fingerprint density at radius 3 is 2.47 bits per heavy atom. The number of amides is 2. The molecule has 2 heterocycles. The van der Waals surface area contributed by atoms with E-state index in [1.165, 1.54) is 11.0 Å². The van der Waals surface area contributed by atoms with Gasteiger partial charge >= 0.3 is 0 Å². The highest BCUT2D eigenvalue weighted by Crippen LogP contribution is 2.20. The van der Waals surface area contributed by atoms with Crippen molar-refractivity contribution in [3.8, 4) is 0 Å². The number of carbonyl (C=O) groups excluding carboxylic acids is 2. The Kier molecular flexibility index (Phi) is 2.44. The highest BCUT2D eigenvalue weighted by Gasteiger charge is 2.28. The van der Waals surface area contributed by atoms with Crippen LogP contribution in [0.3, 0.4) is 0 Å². The van der Waals surface area contributed by atoms with Gasteiger partial charge in [-0.25, -0.2) is 0 Å². The van der Waals surface area contributed by atoms with Crippen LogP contribution in [0.4, 0.5) is 0 Å². The standard InChI is InChI=1S/C11H11NO2S/c1-7-3-10(13)12(11(7)14)4-9-6-15-5-8(9)2/h3,5-6H,4H2,1-2H3. The number of rotatable bonds is 2. The summed E-state index contributed by atoms with van der Waals surface area (Å²) in [6.07, 6.45) is 1.39. The van der Waals surface area contributed by atoms with Crippen LogP contribution in [0.15, 0.2) is 22.4 Å². The molecule has 1 aromatic rings. The van der Waals surface area contributed by atoms with Crippen molar-refractivity contribution in [2.45, 2.75) is 20.4 Å². The maximum Gasteiger partial charge on any atom is 0.256 e. The summed E-state index contributed by atoms with van der Waals surface area (Å²) in [6.45, 7) is 4.04. The summed E-state index contributed by atoms with van der Waals surface area (Å²) in [6, 6.07) is 0. The zero-order chi connectivity index (χ0) is 11.0. The van der Waals surface area contributed by atoms with Gasteiger partial charge in [0.2, 0.25) is 0 Å². The Hall–Kier alpha value is -1.42. The smallest absolute Gasteiger partial charge is 0.256 e. The maximum absolute atomic E-state index is 11.6. The summed E-state index contributed by atoms with van der Waals surface area (Å²) < 4.78 is 0. The second-order valence-corrected chi connectivity index (χ2v) is 4.38. The van der Waals surface area contributed by atoms with Gasteiger partial charge in [0.15, 0.2) is 0 Å². The largest absolute Gasteiger partial charge is 0.271 e. The maximum atomic E-state index is 11.6. The minimum absolute atomic E-state index is 0.175. The Morgan fingerprint density at radius 1 is 1.27 bits per heavy atom. The fourth-order valence-corrected chi connectivity index (χ4v) is 2.35. The molecule has 1 aliphatic heterocycles. The lowest BCUT2D eigenvalue weighted by Crippen LogP contribution is -2.30.